The zero-order valence-corrected chi connectivity index (χ0v) is 14.4. The Bertz CT molecular complexity index is 881. The molecule has 0 saturated heterocycles. The van der Waals surface area contributed by atoms with Crippen molar-refractivity contribution in [3.8, 4) is 17.2 Å². The van der Waals surface area contributed by atoms with Crippen LogP contribution in [0.3, 0.4) is 0 Å². The Hall–Kier alpha value is -2.86. The standard InChI is InChI=1S/C18H16ClN3O3/c1-11-6-7-13(18-22-20-10-24-18)8-16(11)21-17(23)12(2)25-15-5-3-4-14(19)9-15/h3-10,12H,1-2H3,(H,21,23). The smallest absolute Gasteiger partial charge is 0.265 e. The van der Waals surface area contributed by atoms with Gasteiger partial charge in [-0.15, -0.1) is 10.2 Å². The minimum Gasteiger partial charge on any atom is -0.481 e. The lowest BCUT2D eigenvalue weighted by atomic mass is 10.1. The number of rotatable bonds is 5. The molecule has 0 aliphatic rings. The third-order valence-electron chi connectivity index (χ3n) is 3.58. The number of amides is 1. The van der Waals surface area contributed by atoms with Gasteiger partial charge in [0.05, 0.1) is 0 Å². The number of nitrogens with zero attached hydrogens (tertiary/aromatic N) is 2. The van der Waals surface area contributed by atoms with Gasteiger partial charge in [-0.05, 0) is 49.7 Å². The molecule has 1 aromatic heterocycles. The zero-order chi connectivity index (χ0) is 17.8. The Morgan fingerprint density at radius 3 is 2.84 bits per heavy atom. The number of nitrogens with one attached hydrogen (secondary N) is 1. The molecule has 0 spiro atoms. The van der Waals surface area contributed by atoms with Crippen LogP contribution in [0.4, 0.5) is 5.69 Å². The van der Waals surface area contributed by atoms with E-state index in [0.29, 0.717) is 22.4 Å². The monoisotopic (exact) mass is 357 g/mol. The first-order valence-corrected chi connectivity index (χ1v) is 8.01. The summed E-state index contributed by atoms with van der Waals surface area (Å²) >= 11 is 5.92. The Morgan fingerprint density at radius 2 is 2.12 bits per heavy atom. The van der Waals surface area contributed by atoms with Gasteiger partial charge in [-0.2, -0.15) is 0 Å². The number of benzene rings is 2. The van der Waals surface area contributed by atoms with E-state index in [2.05, 4.69) is 15.5 Å². The predicted octanol–water partition coefficient (Wildman–Crippen LogP) is 4.10. The molecule has 0 radical (unpaired) electrons. The molecule has 1 atom stereocenters. The largest absolute Gasteiger partial charge is 0.481 e. The maximum absolute atomic E-state index is 12.4. The van der Waals surface area contributed by atoms with Crippen LogP contribution in [0.1, 0.15) is 12.5 Å². The lowest BCUT2D eigenvalue weighted by molar-refractivity contribution is -0.122. The summed E-state index contributed by atoms with van der Waals surface area (Å²) in [5.41, 5.74) is 2.29. The fourth-order valence-corrected chi connectivity index (χ4v) is 2.40. The summed E-state index contributed by atoms with van der Waals surface area (Å²) in [4.78, 5) is 12.4. The van der Waals surface area contributed by atoms with Gasteiger partial charge in [0, 0.05) is 16.3 Å². The number of ether oxygens (including phenoxy) is 1. The fourth-order valence-electron chi connectivity index (χ4n) is 2.22. The van der Waals surface area contributed by atoms with Crippen LogP contribution in [0.15, 0.2) is 53.3 Å². The van der Waals surface area contributed by atoms with Crippen molar-refractivity contribution in [1.82, 2.24) is 10.2 Å². The summed E-state index contributed by atoms with van der Waals surface area (Å²) in [6.07, 6.45) is 0.568. The molecule has 0 saturated carbocycles. The minimum absolute atomic E-state index is 0.272. The number of anilines is 1. The second-order valence-corrected chi connectivity index (χ2v) is 5.92. The van der Waals surface area contributed by atoms with Crippen LogP contribution >= 0.6 is 11.6 Å². The molecule has 25 heavy (non-hydrogen) atoms. The Balaban J connectivity index is 1.73. The average Bonchev–Trinajstić information content (AvgIpc) is 3.11. The van der Waals surface area contributed by atoms with Crippen LogP contribution in [-0.4, -0.2) is 22.2 Å². The molecule has 0 bridgehead atoms. The third kappa shape index (κ3) is 4.16. The highest BCUT2D eigenvalue weighted by Crippen LogP contribution is 2.24. The summed E-state index contributed by atoms with van der Waals surface area (Å²) < 4.78 is 10.8. The average molecular weight is 358 g/mol. The van der Waals surface area contributed by atoms with E-state index in [-0.39, 0.29) is 5.91 Å². The lowest BCUT2D eigenvalue weighted by Gasteiger charge is -2.16. The predicted molar refractivity (Wildman–Crippen MR) is 94.6 cm³/mol. The van der Waals surface area contributed by atoms with Gasteiger partial charge in [0.2, 0.25) is 12.3 Å². The van der Waals surface area contributed by atoms with E-state index in [1.54, 1.807) is 37.3 Å². The molecule has 1 unspecified atom stereocenters. The van der Waals surface area contributed by atoms with Crippen LogP contribution in [0.25, 0.3) is 11.5 Å². The molecule has 6 nitrogen and oxygen atoms in total. The second kappa shape index (κ2) is 7.36. The topological polar surface area (TPSA) is 77.3 Å². The molecule has 128 valence electrons. The van der Waals surface area contributed by atoms with E-state index in [1.165, 1.54) is 6.39 Å². The highest BCUT2D eigenvalue weighted by atomic mass is 35.5. The number of aromatic nitrogens is 2. The molecule has 0 aliphatic heterocycles. The van der Waals surface area contributed by atoms with Crippen molar-refractivity contribution in [2.45, 2.75) is 20.0 Å². The SMILES string of the molecule is Cc1ccc(-c2nnco2)cc1NC(=O)C(C)Oc1cccc(Cl)c1. The molecular weight excluding hydrogens is 342 g/mol. The first-order valence-electron chi connectivity index (χ1n) is 7.63. The first-order chi connectivity index (χ1) is 12.0. The number of carbonyl (C=O) groups is 1. The second-order valence-electron chi connectivity index (χ2n) is 5.48. The summed E-state index contributed by atoms with van der Waals surface area (Å²) in [6, 6.07) is 12.4. The summed E-state index contributed by atoms with van der Waals surface area (Å²) in [6.45, 7) is 3.57. The molecule has 3 rings (SSSR count). The van der Waals surface area contributed by atoms with Gasteiger partial charge in [-0.3, -0.25) is 4.79 Å². The van der Waals surface area contributed by atoms with Gasteiger partial charge in [0.25, 0.3) is 5.91 Å². The molecule has 0 fully saturated rings. The number of halogens is 1. The van der Waals surface area contributed by atoms with Gasteiger partial charge in [-0.1, -0.05) is 23.7 Å². The van der Waals surface area contributed by atoms with Gasteiger partial charge in [-0.25, -0.2) is 0 Å². The van der Waals surface area contributed by atoms with Crippen molar-refractivity contribution in [1.29, 1.82) is 0 Å². The summed E-state index contributed by atoms with van der Waals surface area (Å²) in [5.74, 6) is 0.649. The molecule has 3 aromatic rings. The van der Waals surface area contributed by atoms with Crippen LogP contribution in [-0.2, 0) is 4.79 Å². The van der Waals surface area contributed by atoms with E-state index in [4.69, 9.17) is 20.8 Å². The first kappa shape index (κ1) is 17.0. The molecule has 1 N–H and O–H groups in total. The number of hydrogen-bond acceptors (Lipinski definition) is 5. The number of carbonyl (C=O) groups excluding carboxylic acids is 1. The van der Waals surface area contributed by atoms with Crippen molar-refractivity contribution < 1.29 is 13.9 Å². The van der Waals surface area contributed by atoms with Crippen molar-refractivity contribution in [3.63, 3.8) is 0 Å². The Morgan fingerprint density at radius 1 is 1.28 bits per heavy atom. The van der Waals surface area contributed by atoms with Crippen LogP contribution in [0, 0.1) is 6.92 Å². The van der Waals surface area contributed by atoms with Crippen molar-refractivity contribution in [2.75, 3.05) is 5.32 Å². The number of hydrogen-bond donors (Lipinski definition) is 1. The molecule has 0 aliphatic carbocycles. The normalized spacial score (nSPS) is 11.8. The van der Waals surface area contributed by atoms with E-state index in [1.807, 2.05) is 19.1 Å². The van der Waals surface area contributed by atoms with Crippen molar-refractivity contribution in [3.05, 3.63) is 59.4 Å². The van der Waals surface area contributed by atoms with Crippen molar-refractivity contribution >= 4 is 23.2 Å². The minimum atomic E-state index is -0.690. The maximum atomic E-state index is 12.4. The zero-order valence-electron chi connectivity index (χ0n) is 13.7. The fraction of sp³-hybridized carbons (Fsp3) is 0.167. The van der Waals surface area contributed by atoms with E-state index >= 15 is 0 Å². The van der Waals surface area contributed by atoms with Crippen LogP contribution < -0.4 is 10.1 Å². The van der Waals surface area contributed by atoms with Gasteiger partial charge >= 0.3 is 0 Å². The summed E-state index contributed by atoms with van der Waals surface area (Å²) in [7, 11) is 0. The van der Waals surface area contributed by atoms with Gasteiger partial charge in [0.1, 0.15) is 5.75 Å². The summed E-state index contributed by atoms with van der Waals surface area (Å²) in [5, 5.41) is 10.9. The number of aryl methyl sites for hydroxylation is 1. The highest BCUT2D eigenvalue weighted by Gasteiger charge is 2.17. The van der Waals surface area contributed by atoms with Crippen LogP contribution in [0.5, 0.6) is 5.75 Å². The Kier molecular flexibility index (Phi) is 5.00. The third-order valence-corrected chi connectivity index (χ3v) is 3.82. The lowest BCUT2D eigenvalue weighted by Crippen LogP contribution is -2.30. The molecule has 7 heteroatoms. The van der Waals surface area contributed by atoms with E-state index in [9.17, 15) is 4.79 Å². The van der Waals surface area contributed by atoms with Gasteiger partial charge < -0.3 is 14.5 Å². The maximum Gasteiger partial charge on any atom is 0.265 e. The van der Waals surface area contributed by atoms with Gasteiger partial charge in [0.15, 0.2) is 6.10 Å². The van der Waals surface area contributed by atoms with Crippen LogP contribution in [0.2, 0.25) is 5.02 Å². The quantitative estimate of drug-likeness (QED) is 0.743. The molecule has 1 heterocycles. The van der Waals surface area contributed by atoms with E-state index < -0.39 is 6.10 Å². The van der Waals surface area contributed by atoms with Crippen molar-refractivity contribution in [2.24, 2.45) is 0 Å². The Labute approximate surface area is 149 Å². The molecular formula is C18H16ClN3O3. The van der Waals surface area contributed by atoms with E-state index in [0.717, 1.165) is 11.1 Å². The molecule has 1 amide bonds. The molecule has 2 aromatic carbocycles. The highest BCUT2D eigenvalue weighted by molar-refractivity contribution is 6.30.